The molecular weight excluding hydrogens is 204 g/mol. The highest BCUT2D eigenvalue weighted by Gasteiger charge is 2.08. The highest BCUT2D eigenvalue weighted by Crippen LogP contribution is 2.12. The van der Waals surface area contributed by atoms with Gasteiger partial charge in [0.2, 0.25) is 0 Å². The standard InChI is InChI=1S/C8H6N2O3S/c1-13-8(12)5-4-10-7(14-5)3-2-6(9)11/h4H,1H3,(H2,9,11). The van der Waals surface area contributed by atoms with Crippen molar-refractivity contribution in [3.05, 3.63) is 16.1 Å². The maximum atomic E-state index is 11.0. The van der Waals surface area contributed by atoms with Crippen LogP contribution in [-0.2, 0) is 9.53 Å². The first-order valence-corrected chi connectivity index (χ1v) is 4.30. The molecule has 6 heteroatoms. The minimum Gasteiger partial charge on any atom is -0.465 e. The van der Waals surface area contributed by atoms with E-state index in [2.05, 4.69) is 21.6 Å². The normalized spacial score (nSPS) is 8.64. The molecule has 1 aromatic rings. The number of nitrogens with two attached hydrogens (primary N) is 1. The second-order valence-corrected chi connectivity index (χ2v) is 3.17. The van der Waals surface area contributed by atoms with Crippen LogP contribution in [0.2, 0.25) is 0 Å². The molecule has 0 unspecified atom stereocenters. The number of thiazole rings is 1. The van der Waals surface area contributed by atoms with Gasteiger partial charge in [-0.1, -0.05) is 11.3 Å². The van der Waals surface area contributed by atoms with Gasteiger partial charge in [0.05, 0.1) is 13.3 Å². The van der Waals surface area contributed by atoms with E-state index in [1.54, 1.807) is 0 Å². The highest BCUT2D eigenvalue weighted by atomic mass is 32.1. The average Bonchev–Trinajstić information content (AvgIpc) is 2.62. The van der Waals surface area contributed by atoms with Gasteiger partial charge >= 0.3 is 5.97 Å². The Morgan fingerprint density at radius 1 is 1.64 bits per heavy atom. The number of primary amides is 1. The Morgan fingerprint density at radius 2 is 2.36 bits per heavy atom. The Bertz CT molecular complexity index is 427. The number of esters is 1. The van der Waals surface area contributed by atoms with Crippen LogP contribution in [0.5, 0.6) is 0 Å². The summed E-state index contributed by atoms with van der Waals surface area (Å²) in [5, 5.41) is 0.351. The van der Waals surface area contributed by atoms with E-state index in [0.29, 0.717) is 9.88 Å². The number of aromatic nitrogens is 1. The largest absolute Gasteiger partial charge is 0.465 e. The molecule has 0 spiro atoms. The van der Waals surface area contributed by atoms with Crippen LogP contribution < -0.4 is 5.73 Å². The maximum Gasteiger partial charge on any atom is 0.349 e. The lowest BCUT2D eigenvalue weighted by Crippen LogP contribution is -2.06. The summed E-state index contributed by atoms with van der Waals surface area (Å²) >= 11 is 1.04. The molecule has 72 valence electrons. The molecular formula is C8H6N2O3S. The van der Waals surface area contributed by atoms with Gasteiger partial charge in [0, 0.05) is 5.92 Å². The second kappa shape index (κ2) is 4.39. The van der Waals surface area contributed by atoms with Gasteiger partial charge in [-0.2, -0.15) is 0 Å². The Kier molecular flexibility index (Phi) is 3.20. The van der Waals surface area contributed by atoms with E-state index in [-0.39, 0.29) is 0 Å². The zero-order valence-electron chi connectivity index (χ0n) is 7.23. The van der Waals surface area contributed by atoms with Crippen LogP contribution in [0.15, 0.2) is 6.20 Å². The zero-order valence-corrected chi connectivity index (χ0v) is 8.05. The third-order valence-corrected chi connectivity index (χ3v) is 2.08. The monoisotopic (exact) mass is 210 g/mol. The van der Waals surface area contributed by atoms with E-state index in [1.807, 2.05) is 0 Å². The number of hydrogen-bond acceptors (Lipinski definition) is 5. The minimum absolute atomic E-state index is 0.335. The molecule has 0 aliphatic heterocycles. The minimum atomic E-state index is -0.736. The first-order valence-electron chi connectivity index (χ1n) is 3.49. The molecule has 0 aliphatic rings. The fraction of sp³-hybridized carbons (Fsp3) is 0.125. The number of hydrogen-bond donors (Lipinski definition) is 1. The molecule has 1 aromatic heterocycles. The van der Waals surface area contributed by atoms with Crippen LogP contribution in [0.1, 0.15) is 14.7 Å². The van der Waals surface area contributed by atoms with Crippen molar-refractivity contribution in [1.82, 2.24) is 4.98 Å². The molecule has 0 radical (unpaired) electrons. The predicted molar refractivity (Wildman–Crippen MR) is 49.5 cm³/mol. The van der Waals surface area contributed by atoms with E-state index in [9.17, 15) is 9.59 Å². The summed E-state index contributed by atoms with van der Waals surface area (Å²) in [5.74, 6) is 3.32. The van der Waals surface area contributed by atoms with E-state index in [0.717, 1.165) is 11.3 Å². The van der Waals surface area contributed by atoms with Gasteiger partial charge in [-0.05, 0) is 5.92 Å². The topological polar surface area (TPSA) is 82.3 Å². The number of amides is 1. The third-order valence-electron chi connectivity index (χ3n) is 1.18. The van der Waals surface area contributed by atoms with Crippen molar-refractivity contribution in [2.75, 3.05) is 7.11 Å². The van der Waals surface area contributed by atoms with Crippen molar-refractivity contribution in [2.45, 2.75) is 0 Å². The van der Waals surface area contributed by atoms with Crippen LogP contribution in [-0.4, -0.2) is 24.0 Å². The van der Waals surface area contributed by atoms with Crippen molar-refractivity contribution in [3.8, 4) is 11.8 Å². The first-order chi connectivity index (χ1) is 6.63. The van der Waals surface area contributed by atoms with Crippen molar-refractivity contribution >= 4 is 23.2 Å². The Hall–Kier alpha value is -1.87. The van der Waals surface area contributed by atoms with Crippen molar-refractivity contribution in [1.29, 1.82) is 0 Å². The van der Waals surface area contributed by atoms with Gasteiger partial charge in [-0.15, -0.1) is 0 Å². The Morgan fingerprint density at radius 3 is 2.93 bits per heavy atom. The van der Waals surface area contributed by atoms with Gasteiger partial charge < -0.3 is 10.5 Å². The van der Waals surface area contributed by atoms with E-state index < -0.39 is 11.9 Å². The fourth-order valence-electron chi connectivity index (χ4n) is 0.642. The van der Waals surface area contributed by atoms with Gasteiger partial charge in [0.25, 0.3) is 5.91 Å². The van der Waals surface area contributed by atoms with Crippen molar-refractivity contribution in [3.63, 3.8) is 0 Å². The van der Waals surface area contributed by atoms with Crippen LogP contribution >= 0.6 is 11.3 Å². The number of nitrogens with zero attached hydrogens (tertiary/aromatic N) is 1. The van der Waals surface area contributed by atoms with E-state index in [1.165, 1.54) is 13.3 Å². The molecule has 14 heavy (non-hydrogen) atoms. The molecule has 1 rings (SSSR count). The quantitative estimate of drug-likeness (QED) is 0.512. The summed E-state index contributed by atoms with van der Waals surface area (Å²) in [6.45, 7) is 0. The van der Waals surface area contributed by atoms with Crippen LogP contribution in [0, 0.1) is 11.8 Å². The van der Waals surface area contributed by atoms with Gasteiger partial charge in [-0.25, -0.2) is 9.78 Å². The first kappa shape index (κ1) is 10.2. The lowest BCUT2D eigenvalue weighted by Gasteiger charge is -1.89. The lowest BCUT2D eigenvalue weighted by molar-refractivity contribution is -0.112. The predicted octanol–water partition coefficient (Wildman–Crippen LogP) is -0.234. The number of methoxy groups -OCH3 is 1. The molecule has 0 fully saturated rings. The lowest BCUT2D eigenvalue weighted by atomic mass is 10.5. The van der Waals surface area contributed by atoms with Gasteiger partial charge in [0.15, 0.2) is 5.01 Å². The summed E-state index contributed by atoms with van der Waals surface area (Å²) < 4.78 is 4.47. The number of carbonyl (C=O) groups is 2. The van der Waals surface area contributed by atoms with Crippen LogP contribution in [0.25, 0.3) is 0 Å². The maximum absolute atomic E-state index is 11.0. The second-order valence-electron chi connectivity index (χ2n) is 2.14. The Labute approximate surface area is 83.9 Å². The Balaban J connectivity index is 2.85. The number of rotatable bonds is 1. The molecule has 0 atom stereocenters. The summed E-state index contributed by atoms with van der Waals surface area (Å²) in [5.41, 5.74) is 4.81. The van der Waals surface area contributed by atoms with E-state index in [4.69, 9.17) is 5.73 Å². The van der Waals surface area contributed by atoms with Crippen molar-refractivity contribution in [2.24, 2.45) is 5.73 Å². The molecule has 1 amide bonds. The fourth-order valence-corrected chi connectivity index (χ4v) is 1.33. The molecule has 5 nitrogen and oxygen atoms in total. The number of carbonyl (C=O) groups excluding carboxylic acids is 2. The van der Waals surface area contributed by atoms with Crippen molar-refractivity contribution < 1.29 is 14.3 Å². The molecule has 0 bridgehead atoms. The van der Waals surface area contributed by atoms with Crippen LogP contribution in [0.4, 0.5) is 0 Å². The molecule has 1 heterocycles. The molecule has 0 aliphatic carbocycles. The summed E-state index contributed by atoms with van der Waals surface area (Å²) in [6.07, 6.45) is 1.33. The van der Waals surface area contributed by atoms with Crippen LogP contribution in [0.3, 0.4) is 0 Å². The summed E-state index contributed by atoms with van der Waals surface area (Å²) in [6, 6.07) is 0. The SMILES string of the molecule is COC(=O)c1cnc(C#CC(N)=O)s1. The molecule has 0 saturated carbocycles. The molecule has 2 N–H and O–H groups in total. The smallest absolute Gasteiger partial charge is 0.349 e. The zero-order chi connectivity index (χ0) is 10.6. The van der Waals surface area contributed by atoms with Gasteiger partial charge in [-0.3, -0.25) is 4.79 Å². The molecule has 0 saturated heterocycles. The highest BCUT2D eigenvalue weighted by molar-refractivity contribution is 7.14. The summed E-state index contributed by atoms with van der Waals surface area (Å²) in [4.78, 5) is 25.4. The summed E-state index contributed by atoms with van der Waals surface area (Å²) in [7, 11) is 1.27. The van der Waals surface area contributed by atoms with E-state index >= 15 is 0 Å². The third kappa shape index (κ3) is 2.57. The molecule has 0 aromatic carbocycles. The average molecular weight is 210 g/mol. The van der Waals surface area contributed by atoms with Gasteiger partial charge in [0.1, 0.15) is 4.88 Å². The number of ether oxygens (including phenoxy) is 1.